The van der Waals surface area contributed by atoms with Crippen molar-refractivity contribution in [2.75, 3.05) is 19.6 Å². The third kappa shape index (κ3) is 6.25. The minimum Gasteiger partial charge on any atom is -0.353 e. The van der Waals surface area contributed by atoms with Crippen LogP contribution in [0.2, 0.25) is 0 Å². The average molecular weight is 317 g/mol. The van der Waals surface area contributed by atoms with E-state index in [-0.39, 0.29) is 19.6 Å². The minimum atomic E-state index is -4.95. The van der Waals surface area contributed by atoms with E-state index in [0.29, 0.717) is 5.56 Å². The van der Waals surface area contributed by atoms with Gasteiger partial charge in [0.25, 0.3) is 5.91 Å². The lowest BCUT2D eigenvalue weighted by molar-refractivity contribution is -0.173. The molecule has 0 bridgehead atoms. The van der Waals surface area contributed by atoms with Gasteiger partial charge in [0.2, 0.25) is 5.91 Å². The molecule has 0 aliphatic rings. The van der Waals surface area contributed by atoms with Crippen LogP contribution in [0.1, 0.15) is 10.4 Å². The fraction of sp³-hybridized carbons (Fsp3) is 0.308. The average Bonchev–Trinajstić information content (AvgIpc) is 2.48. The summed E-state index contributed by atoms with van der Waals surface area (Å²) in [5.74, 6) is -3.09. The van der Waals surface area contributed by atoms with Crippen molar-refractivity contribution in [3.05, 3.63) is 35.9 Å². The number of halogens is 3. The molecule has 6 nitrogen and oxygen atoms in total. The fourth-order valence-corrected chi connectivity index (χ4v) is 1.39. The summed E-state index contributed by atoms with van der Waals surface area (Å²) >= 11 is 0. The zero-order valence-corrected chi connectivity index (χ0v) is 11.4. The van der Waals surface area contributed by atoms with Crippen LogP contribution in [0, 0.1) is 0 Å². The molecule has 1 aromatic carbocycles. The van der Waals surface area contributed by atoms with E-state index in [1.54, 1.807) is 35.6 Å². The zero-order valence-electron chi connectivity index (χ0n) is 11.4. The molecule has 1 rings (SSSR count). The van der Waals surface area contributed by atoms with Crippen LogP contribution in [0.4, 0.5) is 13.2 Å². The molecule has 0 unspecified atom stereocenters. The Hall–Kier alpha value is -2.58. The molecule has 0 aromatic heterocycles. The van der Waals surface area contributed by atoms with Gasteiger partial charge in [0.15, 0.2) is 0 Å². The van der Waals surface area contributed by atoms with E-state index in [4.69, 9.17) is 0 Å². The lowest BCUT2D eigenvalue weighted by Gasteiger charge is -2.09. The number of benzene rings is 1. The normalized spacial score (nSPS) is 10.7. The third-order valence-electron chi connectivity index (χ3n) is 2.44. The Balaban J connectivity index is 2.19. The van der Waals surface area contributed by atoms with E-state index in [2.05, 4.69) is 10.6 Å². The van der Waals surface area contributed by atoms with Crippen LogP contribution in [0.25, 0.3) is 0 Å². The molecule has 120 valence electrons. The largest absolute Gasteiger partial charge is 0.471 e. The molecular weight excluding hydrogens is 303 g/mol. The molecule has 0 aliphatic carbocycles. The Morgan fingerprint density at radius 1 is 0.909 bits per heavy atom. The summed E-state index contributed by atoms with van der Waals surface area (Å²) in [4.78, 5) is 33.4. The summed E-state index contributed by atoms with van der Waals surface area (Å²) in [6.07, 6.45) is -4.95. The van der Waals surface area contributed by atoms with Crippen LogP contribution in [-0.4, -0.2) is 43.5 Å². The van der Waals surface area contributed by atoms with Gasteiger partial charge >= 0.3 is 12.1 Å². The molecule has 3 N–H and O–H groups in total. The molecule has 9 heteroatoms. The molecule has 22 heavy (non-hydrogen) atoms. The number of amides is 3. The standard InChI is InChI=1S/C13H14F3N3O3/c14-13(15,16)12(22)18-7-6-17-10(20)8-19-11(21)9-4-2-1-3-5-9/h1-5H,6-8H2,(H,17,20)(H,18,22)(H,19,21). The molecule has 3 amide bonds. The van der Waals surface area contributed by atoms with Crippen LogP contribution >= 0.6 is 0 Å². The van der Waals surface area contributed by atoms with E-state index in [0.717, 1.165) is 0 Å². The van der Waals surface area contributed by atoms with Crippen LogP contribution in [0.5, 0.6) is 0 Å². The smallest absolute Gasteiger partial charge is 0.353 e. The first-order chi connectivity index (χ1) is 10.3. The molecule has 1 aromatic rings. The van der Waals surface area contributed by atoms with E-state index in [1.807, 2.05) is 0 Å². The van der Waals surface area contributed by atoms with E-state index in [1.165, 1.54) is 0 Å². The SMILES string of the molecule is O=C(CNC(=O)c1ccccc1)NCCNC(=O)C(F)(F)F. The fourth-order valence-electron chi connectivity index (χ4n) is 1.39. The molecule has 0 fully saturated rings. The molecule has 0 heterocycles. The Kier molecular flexibility index (Phi) is 6.36. The molecule has 0 spiro atoms. The van der Waals surface area contributed by atoms with E-state index in [9.17, 15) is 27.6 Å². The molecule has 0 saturated carbocycles. The van der Waals surface area contributed by atoms with Crippen LogP contribution in [0.3, 0.4) is 0 Å². The monoisotopic (exact) mass is 317 g/mol. The van der Waals surface area contributed by atoms with Gasteiger partial charge in [-0.2, -0.15) is 13.2 Å². The van der Waals surface area contributed by atoms with Crippen molar-refractivity contribution in [2.45, 2.75) is 6.18 Å². The summed E-state index contributed by atoms with van der Waals surface area (Å²) in [6.45, 7) is -0.862. The number of carbonyl (C=O) groups is 3. The van der Waals surface area contributed by atoms with Crippen molar-refractivity contribution < 1.29 is 27.6 Å². The van der Waals surface area contributed by atoms with Crippen molar-refractivity contribution in [3.63, 3.8) is 0 Å². The predicted octanol–water partition coefficient (Wildman–Crippen LogP) is 0.211. The highest BCUT2D eigenvalue weighted by molar-refractivity contribution is 5.96. The van der Waals surface area contributed by atoms with Crippen molar-refractivity contribution in [1.29, 1.82) is 0 Å². The van der Waals surface area contributed by atoms with Gasteiger partial charge in [0.1, 0.15) is 0 Å². The second kappa shape index (κ2) is 8.01. The summed E-state index contributed by atoms with van der Waals surface area (Å²) < 4.78 is 35.6. The lowest BCUT2D eigenvalue weighted by Crippen LogP contribution is -2.43. The maximum atomic E-state index is 11.9. The number of rotatable bonds is 6. The van der Waals surface area contributed by atoms with Crippen molar-refractivity contribution in [2.24, 2.45) is 0 Å². The van der Waals surface area contributed by atoms with Gasteiger partial charge in [-0.1, -0.05) is 18.2 Å². The van der Waals surface area contributed by atoms with Crippen LogP contribution in [0.15, 0.2) is 30.3 Å². The number of hydrogen-bond acceptors (Lipinski definition) is 3. The topological polar surface area (TPSA) is 87.3 Å². The molecule has 0 radical (unpaired) electrons. The summed E-state index contributed by atoms with van der Waals surface area (Å²) in [5, 5.41) is 6.22. The van der Waals surface area contributed by atoms with Crippen molar-refractivity contribution in [3.8, 4) is 0 Å². The van der Waals surface area contributed by atoms with Crippen molar-refractivity contribution >= 4 is 17.7 Å². The first-order valence-electron chi connectivity index (χ1n) is 6.25. The minimum absolute atomic E-state index is 0.179. The van der Waals surface area contributed by atoms with Gasteiger partial charge < -0.3 is 16.0 Å². The highest BCUT2D eigenvalue weighted by atomic mass is 19.4. The zero-order chi connectivity index (χ0) is 16.6. The second-order valence-corrected chi connectivity index (χ2v) is 4.15. The maximum Gasteiger partial charge on any atom is 0.471 e. The lowest BCUT2D eigenvalue weighted by atomic mass is 10.2. The van der Waals surface area contributed by atoms with E-state index >= 15 is 0 Å². The molecule has 0 saturated heterocycles. The van der Waals surface area contributed by atoms with Gasteiger partial charge in [-0.05, 0) is 12.1 Å². The van der Waals surface area contributed by atoms with Gasteiger partial charge in [-0.25, -0.2) is 0 Å². The Bertz CT molecular complexity index is 532. The predicted molar refractivity (Wildman–Crippen MR) is 70.8 cm³/mol. The number of alkyl halides is 3. The summed E-state index contributed by atoms with van der Waals surface area (Å²) in [7, 11) is 0. The van der Waals surface area contributed by atoms with E-state index < -0.39 is 23.9 Å². The summed E-state index contributed by atoms with van der Waals surface area (Å²) in [5.41, 5.74) is 0.382. The van der Waals surface area contributed by atoms with Gasteiger partial charge in [-0.3, -0.25) is 14.4 Å². The van der Waals surface area contributed by atoms with Gasteiger partial charge in [0, 0.05) is 18.7 Å². The molecular formula is C13H14F3N3O3. The first kappa shape index (κ1) is 17.5. The Morgan fingerprint density at radius 2 is 1.50 bits per heavy atom. The Morgan fingerprint density at radius 3 is 2.09 bits per heavy atom. The highest BCUT2D eigenvalue weighted by Crippen LogP contribution is 2.13. The number of hydrogen-bond donors (Lipinski definition) is 3. The quantitative estimate of drug-likeness (QED) is 0.656. The van der Waals surface area contributed by atoms with Crippen LogP contribution < -0.4 is 16.0 Å². The van der Waals surface area contributed by atoms with Crippen LogP contribution in [-0.2, 0) is 9.59 Å². The maximum absolute atomic E-state index is 11.9. The summed E-state index contributed by atoms with van der Waals surface area (Å²) in [6, 6.07) is 8.20. The molecule has 0 atom stereocenters. The third-order valence-corrected chi connectivity index (χ3v) is 2.44. The first-order valence-corrected chi connectivity index (χ1v) is 6.25. The van der Waals surface area contributed by atoms with Gasteiger partial charge in [0.05, 0.1) is 6.54 Å². The van der Waals surface area contributed by atoms with Gasteiger partial charge in [-0.15, -0.1) is 0 Å². The number of nitrogens with one attached hydrogen (secondary N) is 3. The van der Waals surface area contributed by atoms with Crippen molar-refractivity contribution in [1.82, 2.24) is 16.0 Å². The Labute approximate surface area is 124 Å². The molecule has 0 aliphatic heterocycles. The highest BCUT2D eigenvalue weighted by Gasteiger charge is 2.38. The number of carbonyl (C=O) groups excluding carboxylic acids is 3. The second-order valence-electron chi connectivity index (χ2n) is 4.15.